The number of thioether (sulfide) groups is 1. The topological polar surface area (TPSA) is 56.0 Å². The number of nitriles is 1. The molecule has 3 nitrogen and oxygen atoms in total. The second-order valence-corrected chi connectivity index (χ2v) is 4.90. The van der Waals surface area contributed by atoms with Gasteiger partial charge in [-0.25, -0.2) is 0 Å². The van der Waals surface area contributed by atoms with Crippen LogP contribution in [0.2, 0.25) is 0 Å². The maximum atomic E-state index is 8.82. The lowest BCUT2D eigenvalue weighted by Crippen LogP contribution is -2.35. The van der Waals surface area contributed by atoms with Crippen LogP contribution in [0.3, 0.4) is 0 Å². The van der Waals surface area contributed by atoms with Crippen molar-refractivity contribution in [1.82, 2.24) is 5.32 Å². The summed E-state index contributed by atoms with van der Waals surface area (Å²) in [5.74, 6) is 2.02. The highest BCUT2D eigenvalue weighted by Gasteiger charge is 2.09. The van der Waals surface area contributed by atoms with Crippen molar-refractivity contribution in [3.05, 3.63) is 0 Å². The number of nitrogens with zero attached hydrogens (tertiary/aromatic N) is 1. The molecule has 0 spiro atoms. The summed E-state index contributed by atoms with van der Waals surface area (Å²) in [6.45, 7) is 6.29. The summed E-state index contributed by atoms with van der Waals surface area (Å²) in [5.41, 5.74) is 0. The fourth-order valence-electron chi connectivity index (χ4n) is 0.965. The lowest BCUT2D eigenvalue weighted by atomic mass is 10.2. The lowest BCUT2D eigenvalue weighted by molar-refractivity contribution is 0.250. The Morgan fingerprint density at radius 2 is 2.00 bits per heavy atom. The van der Waals surface area contributed by atoms with Crippen LogP contribution in [0.5, 0.6) is 0 Å². The summed E-state index contributed by atoms with van der Waals surface area (Å²) < 4.78 is 0. The zero-order chi connectivity index (χ0) is 11.0. The number of aliphatic hydroxyl groups excluding tert-OH is 1. The highest BCUT2D eigenvalue weighted by molar-refractivity contribution is 7.99. The molecule has 0 aromatic rings. The van der Waals surface area contributed by atoms with E-state index in [1.54, 1.807) is 11.8 Å². The van der Waals surface area contributed by atoms with Crippen LogP contribution in [0.4, 0.5) is 0 Å². The lowest BCUT2D eigenvalue weighted by Gasteiger charge is -2.14. The Hall–Kier alpha value is -0.240. The third-order valence-corrected chi connectivity index (χ3v) is 3.06. The second kappa shape index (κ2) is 8.10. The minimum absolute atomic E-state index is 0.0779. The molecule has 2 N–H and O–H groups in total. The third-order valence-electron chi connectivity index (χ3n) is 1.69. The van der Waals surface area contributed by atoms with E-state index in [1.165, 1.54) is 0 Å². The van der Waals surface area contributed by atoms with Crippen LogP contribution in [0.1, 0.15) is 20.8 Å². The predicted molar refractivity (Wildman–Crippen MR) is 61.2 cm³/mol. The molecule has 82 valence electrons. The van der Waals surface area contributed by atoms with Crippen molar-refractivity contribution < 1.29 is 5.11 Å². The maximum Gasteiger partial charge on any atom is 0.105 e. The third kappa shape index (κ3) is 7.19. The van der Waals surface area contributed by atoms with E-state index < -0.39 is 0 Å². The first-order chi connectivity index (χ1) is 6.60. The summed E-state index contributed by atoms with van der Waals surface area (Å²) >= 11 is 1.72. The van der Waals surface area contributed by atoms with Crippen molar-refractivity contribution in [1.29, 1.82) is 5.26 Å². The van der Waals surface area contributed by atoms with Crippen molar-refractivity contribution in [3.8, 4) is 6.07 Å². The van der Waals surface area contributed by atoms with Crippen LogP contribution in [-0.2, 0) is 0 Å². The summed E-state index contributed by atoms with van der Waals surface area (Å²) in [4.78, 5) is 0. The molecule has 0 rings (SSSR count). The fraction of sp³-hybridized carbons (Fsp3) is 0.900. The maximum absolute atomic E-state index is 8.82. The fourth-order valence-corrected chi connectivity index (χ4v) is 2.02. The van der Waals surface area contributed by atoms with Crippen molar-refractivity contribution in [2.75, 3.05) is 18.1 Å². The van der Waals surface area contributed by atoms with E-state index >= 15 is 0 Å². The average Bonchev–Trinajstić information content (AvgIpc) is 2.15. The first-order valence-corrected chi connectivity index (χ1v) is 6.09. The first kappa shape index (κ1) is 13.8. The summed E-state index contributed by atoms with van der Waals surface area (Å²) in [6, 6.07) is 2.50. The highest BCUT2D eigenvalue weighted by atomic mass is 32.2. The van der Waals surface area contributed by atoms with Gasteiger partial charge in [0.05, 0.1) is 6.07 Å². The van der Waals surface area contributed by atoms with Gasteiger partial charge in [0.15, 0.2) is 0 Å². The molecule has 0 fully saturated rings. The molecule has 0 aromatic carbocycles. The van der Waals surface area contributed by atoms with E-state index in [4.69, 9.17) is 10.4 Å². The van der Waals surface area contributed by atoms with E-state index in [2.05, 4.69) is 11.4 Å². The van der Waals surface area contributed by atoms with Crippen molar-refractivity contribution in [2.45, 2.75) is 32.9 Å². The molecule has 2 unspecified atom stereocenters. The van der Waals surface area contributed by atoms with Gasteiger partial charge in [0.2, 0.25) is 0 Å². The first-order valence-electron chi connectivity index (χ1n) is 4.94. The van der Waals surface area contributed by atoms with Gasteiger partial charge in [-0.15, -0.1) is 0 Å². The number of nitrogens with one attached hydrogen (secondary N) is 1. The van der Waals surface area contributed by atoms with Crippen LogP contribution < -0.4 is 5.32 Å². The van der Waals surface area contributed by atoms with Gasteiger partial charge in [0.25, 0.3) is 0 Å². The molecule has 0 amide bonds. The Morgan fingerprint density at radius 1 is 1.36 bits per heavy atom. The molecular weight excluding hydrogens is 196 g/mol. The largest absolute Gasteiger partial charge is 0.396 e. The molecule has 2 atom stereocenters. The number of hydrogen-bond donors (Lipinski definition) is 2. The summed E-state index contributed by atoms with van der Waals surface area (Å²) in [5, 5.41) is 20.8. The average molecular weight is 216 g/mol. The van der Waals surface area contributed by atoms with Gasteiger partial charge in [-0.1, -0.05) is 6.92 Å². The number of hydrogen-bond acceptors (Lipinski definition) is 4. The molecule has 0 saturated carbocycles. The van der Waals surface area contributed by atoms with E-state index in [1.807, 2.05) is 20.8 Å². The van der Waals surface area contributed by atoms with Gasteiger partial charge in [-0.3, -0.25) is 5.32 Å². The molecule has 0 radical (unpaired) electrons. The molecular formula is C10H20N2OS. The van der Waals surface area contributed by atoms with Crippen LogP contribution in [-0.4, -0.2) is 35.3 Å². The quantitative estimate of drug-likeness (QED) is 0.672. The summed E-state index contributed by atoms with van der Waals surface area (Å²) in [6.07, 6.45) is 0. The van der Waals surface area contributed by atoms with Crippen molar-refractivity contribution in [3.63, 3.8) is 0 Å². The molecule has 4 heteroatoms. The van der Waals surface area contributed by atoms with E-state index in [-0.39, 0.29) is 12.6 Å². The molecule has 0 aromatic heterocycles. The van der Waals surface area contributed by atoms with Crippen LogP contribution >= 0.6 is 11.8 Å². The zero-order valence-corrected chi connectivity index (χ0v) is 9.97. The van der Waals surface area contributed by atoms with Crippen LogP contribution in [0.15, 0.2) is 0 Å². The van der Waals surface area contributed by atoms with Gasteiger partial charge in [-0.2, -0.15) is 17.0 Å². The van der Waals surface area contributed by atoms with E-state index in [0.717, 1.165) is 11.5 Å². The zero-order valence-electron chi connectivity index (χ0n) is 9.16. The minimum atomic E-state index is -0.0779. The highest BCUT2D eigenvalue weighted by Crippen LogP contribution is 2.09. The Balaban J connectivity index is 3.59. The molecule has 0 bridgehead atoms. The van der Waals surface area contributed by atoms with Crippen LogP contribution in [0, 0.1) is 17.2 Å². The monoisotopic (exact) mass is 216 g/mol. The Kier molecular flexibility index (Phi) is 7.96. The van der Waals surface area contributed by atoms with Gasteiger partial charge in [0.1, 0.15) is 6.04 Å². The van der Waals surface area contributed by atoms with E-state index in [9.17, 15) is 0 Å². The van der Waals surface area contributed by atoms with Gasteiger partial charge in [-0.05, 0) is 25.5 Å². The normalized spacial score (nSPS) is 15.1. The van der Waals surface area contributed by atoms with Crippen molar-refractivity contribution >= 4 is 11.8 Å². The molecule has 14 heavy (non-hydrogen) atoms. The standard InChI is InChI=1S/C10H20N2OS/c1-8(2)12-10(4-11)7-14-6-9(3)5-13/h8-10,12-13H,5-7H2,1-3H3. The number of aliphatic hydroxyl groups is 1. The SMILES string of the molecule is CC(CO)CSCC(C#N)NC(C)C. The smallest absolute Gasteiger partial charge is 0.105 e. The minimum Gasteiger partial charge on any atom is -0.396 e. The molecule has 0 aliphatic rings. The van der Waals surface area contributed by atoms with E-state index in [0.29, 0.717) is 12.0 Å². The predicted octanol–water partition coefficient (Wildman–Crippen LogP) is 1.24. The Morgan fingerprint density at radius 3 is 2.43 bits per heavy atom. The van der Waals surface area contributed by atoms with Crippen molar-refractivity contribution in [2.24, 2.45) is 5.92 Å². The Labute approximate surface area is 90.9 Å². The Bertz CT molecular complexity index is 179. The van der Waals surface area contributed by atoms with Crippen LogP contribution in [0.25, 0.3) is 0 Å². The van der Waals surface area contributed by atoms with Gasteiger partial charge in [0, 0.05) is 18.4 Å². The van der Waals surface area contributed by atoms with Gasteiger partial charge >= 0.3 is 0 Å². The summed E-state index contributed by atoms with van der Waals surface area (Å²) in [7, 11) is 0. The molecule has 0 saturated heterocycles. The molecule has 0 heterocycles. The molecule has 0 aliphatic carbocycles. The second-order valence-electron chi connectivity index (χ2n) is 3.83. The van der Waals surface area contributed by atoms with Gasteiger partial charge < -0.3 is 5.11 Å². The molecule has 0 aliphatic heterocycles. The number of rotatable bonds is 7.